The predicted octanol–water partition coefficient (Wildman–Crippen LogP) is 2.66. The highest BCUT2D eigenvalue weighted by Crippen LogP contribution is 2.15. The normalized spacial score (nSPS) is 10.7. The molecule has 5 heteroatoms. The van der Waals surface area contributed by atoms with Crippen LogP contribution in [0.2, 0.25) is 0 Å². The van der Waals surface area contributed by atoms with Gasteiger partial charge in [0.05, 0.1) is 6.42 Å². The Morgan fingerprint density at radius 2 is 1.29 bits per heavy atom. The average molecular weight is 282 g/mol. The lowest BCUT2D eigenvalue weighted by atomic mass is 10.1. The van der Waals surface area contributed by atoms with Crippen LogP contribution in [0.15, 0.2) is 53.1 Å². The van der Waals surface area contributed by atoms with Gasteiger partial charge in [0.25, 0.3) is 0 Å². The second-order valence-electron chi connectivity index (χ2n) is 4.79. The fourth-order valence-corrected chi connectivity index (χ4v) is 2.02. The van der Waals surface area contributed by atoms with Crippen molar-refractivity contribution in [3.63, 3.8) is 0 Å². The Hall–Kier alpha value is -2.82. The number of rotatable bonds is 4. The number of aromatic hydroxyl groups is 2. The largest absolute Gasteiger partial charge is 0.508 e. The first-order valence-electron chi connectivity index (χ1n) is 6.56. The summed E-state index contributed by atoms with van der Waals surface area (Å²) in [5.74, 6) is 1.61. The molecule has 0 fully saturated rings. The number of aromatic nitrogens is 2. The van der Waals surface area contributed by atoms with Crippen LogP contribution in [0.5, 0.6) is 11.5 Å². The minimum Gasteiger partial charge on any atom is -0.508 e. The Kier molecular flexibility index (Phi) is 3.55. The van der Waals surface area contributed by atoms with Gasteiger partial charge in [-0.2, -0.15) is 4.98 Å². The van der Waals surface area contributed by atoms with Crippen molar-refractivity contribution in [3.05, 3.63) is 71.4 Å². The Labute approximate surface area is 121 Å². The van der Waals surface area contributed by atoms with Crippen molar-refractivity contribution in [2.75, 3.05) is 0 Å². The highest BCUT2D eigenvalue weighted by molar-refractivity contribution is 5.28. The van der Waals surface area contributed by atoms with Crippen LogP contribution in [0.25, 0.3) is 0 Å². The molecule has 3 aromatic rings. The number of hydrogen-bond donors (Lipinski definition) is 2. The molecular formula is C16H14N2O3. The van der Waals surface area contributed by atoms with E-state index in [2.05, 4.69) is 10.1 Å². The van der Waals surface area contributed by atoms with Gasteiger partial charge in [0.2, 0.25) is 5.89 Å². The molecule has 0 radical (unpaired) electrons. The topological polar surface area (TPSA) is 79.4 Å². The molecule has 0 aliphatic heterocycles. The Balaban J connectivity index is 1.68. The molecule has 3 rings (SSSR count). The van der Waals surface area contributed by atoms with E-state index >= 15 is 0 Å². The van der Waals surface area contributed by atoms with E-state index in [0.29, 0.717) is 24.6 Å². The molecule has 0 aliphatic rings. The summed E-state index contributed by atoms with van der Waals surface area (Å²) in [5, 5.41) is 22.4. The van der Waals surface area contributed by atoms with Gasteiger partial charge >= 0.3 is 0 Å². The van der Waals surface area contributed by atoms with E-state index in [4.69, 9.17) is 4.52 Å². The van der Waals surface area contributed by atoms with E-state index in [1.165, 1.54) is 0 Å². The van der Waals surface area contributed by atoms with Crippen molar-refractivity contribution in [1.29, 1.82) is 0 Å². The summed E-state index contributed by atoms with van der Waals surface area (Å²) in [6.45, 7) is 0. The van der Waals surface area contributed by atoms with Crippen molar-refractivity contribution >= 4 is 0 Å². The van der Waals surface area contributed by atoms with Crippen molar-refractivity contribution in [2.45, 2.75) is 12.8 Å². The molecule has 5 nitrogen and oxygen atoms in total. The highest BCUT2D eigenvalue weighted by Gasteiger charge is 2.08. The zero-order valence-electron chi connectivity index (χ0n) is 11.2. The van der Waals surface area contributed by atoms with Gasteiger partial charge in [0.15, 0.2) is 5.82 Å². The van der Waals surface area contributed by atoms with Gasteiger partial charge in [0.1, 0.15) is 11.5 Å². The van der Waals surface area contributed by atoms with Gasteiger partial charge in [-0.3, -0.25) is 0 Å². The number of hydrogen-bond acceptors (Lipinski definition) is 5. The third-order valence-corrected chi connectivity index (χ3v) is 3.10. The maximum Gasteiger partial charge on any atom is 0.231 e. The van der Waals surface area contributed by atoms with E-state index in [1.54, 1.807) is 24.3 Å². The van der Waals surface area contributed by atoms with Gasteiger partial charge in [-0.15, -0.1) is 0 Å². The van der Waals surface area contributed by atoms with E-state index in [0.717, 1.165) is 11.1 Å². The summed E-state index contributed by atoms with van der Waals surface area (Å²) in [4.78, 5) is 4.34. The number of nitrogens with zero attached hydrogens (tertiary/aromatic N) is 2. The van der Waals surface area contributed by atoms with Gasteiger partial charge in [-0.1, -0.05) is 29.4 Å². The highest BCUT2D eigenvalue weighted by atomic mass is 16.5. The fourth-order valence-electron chi connectivity index (χ4n) is 2.02. The summed E-state index contributed by atoms with van der Waals surface area (Å²) in [6, 6.07) is 13.8. The minimum atomic E-state index is 0.234. The van der Waals surface area contributed by atoms with Crippen molar-refractivity contribution in [1.82, 2.24) is 10.1 Å². The molecule has 0 unspecified atom stereocenters. The van der Waals surface area contributed by atoms with Crippen molar-refractivity contribution in [3.8, 4) is 11.5 Å². The van der Waals surface area contributed by atoms with E-state index < -0.39 is 0 Å². The fraction of sp³-hybridized carbons (Fsp3) is 0.125. The number of phenols is 2. The summed E-state index contributed by atoms with van der Waals surface area (Å²) in [5.41, 5.74) is 2.00. The first-order valence-corrected chi connectivity index (χ1v) is 6.56. The molecule has 106 valence electrons. The van der Waals surface area contributed by atoms with E-state index in [-0.39, 0.29) is 11.5 Å². The van der Waals surface area contributed by atoms with Gasteiger partial charge < -0.3 is 14.7 Å². The predicted molar refractivity (Wildman–Crippen MR) is 76.1 cm³/mol. The first kappa shape index (κ1) is 13.2. The molecule has 0 saturated carbocycles. The molecule has 2 aromatic carbocycles. The zero-order valence-corrected chi connectivity index (χ0v) is 11.2. The molecule has 2 N–H and O–H groups in total. The summed E-state index contributed by atoms with van der Waals surface area (Å²) in [7, 11) is 0. The molecular weight excluding hydrogens is 268 g/mol. The van der Waals surface area contributed by atoms with Crippen LogP contribution in [0.4, 0.5) is 0 Å². The van der Waals surface area contributed by atoms with Gasteiger partial charge in [0, 0.05) is 6.42 Å². The average Bonchev–Trinajstić information content (AvgIpc) is 2.91. The lowest BCUT2D eigenvalue weighted by molar-refractivity contribution is 0.380. The minimum absolute atomic E-state index is 0.234. The molecule has 0 atom stereocenters. The summed E-state index contributed by atoms with van der Waals surface area (Å²) in [6.07, 6.45) is 1.09. The molecule has 0 bridgehead atoms. The van der Waals surface area contributed by atoms with Crippen LogP contribution in [0.3, 0.4) is 0 Å². The van der Waals surface area contributed by atoms with Gasteiger partial charge in [-0.05, 0) is 35.4 Å². The van der Waals surface area contributed by atoms with Crippen molar-refractivity contribution in [2.24, 2.45) is 0 Å². The molecule has 0 saturated heterocycles. The second kappa shape index (κ2) is 5.66. The van der Waals surface area contributed by atoms with Crippen LogP contribution in [0.1, 0.15) is 22.8 Å². The maximum atomic E-state index is 9.24. The zero-order chi connectivity index (χ0) is 14.7. The third-order valence-electron chi connectivity index (χ3n) is 3.10. The van der Waals surface area contributed by atoms with E-state index in [9.17, 15) is 10.2 Å². The monoisotopic (exact) mass is 282 g/mol. The standard InChI is InChI=1S/C16H14N2O3/c19-13-5-1-11(2-6-13)9-15-17-16(21-18-15)10-12-3-7-14(20)8-4-12/h1-8,19-20H,9-10H2. The van der Waals surface area contributed by atoms with Crippen LogP contribution < -0.4 is 0 Å². The Bertz CT molecular complexity index is 656. The Morgan fingerprint density at radius 1 is 0.762 bits per heavy atom. The molecule has 0 amide bonds. The van der Waals surface area contributed by atoms with Crippen LogP contribution in [-0.4, -0.2) is 20.4 Å². The Morgan fingerprint density at radius 3 is 1.86 bits per heavy atom. The quantitative estimate of drug-likeness (QED) is 0.769. The molecule has 0 aliphatic carbocycles. The van der Waals surface area contributed by atoms with Gasteiger partial charge in [-0.25, -0.2) is 0 Å². The summed E-state index contributed by atoms with van der Waals surface area (Å²) >= 11 is 0. The summed E-state index contributed by atoms with van der Waals surface area (Å²) < 4.78 is 5.22. The maximum absolute atomic E-state index is 9.24. The number of benzene rings is 2. The molecule has 1 heterocycles. The molecule has 1 aromatic heterocycles. The number of phenolic OH excluding ortho intramolecular Hbond substituents is 2. The van der Waals surface area contributed by atoms with Crippen LogP contribution >= 0.6 is 0 Å². The second-order valence-corrected chi connectivity index (χ2v) is 4.79. The van der Waals surface area contributed by atoms with Crippen LogP contribution in [0, 0.1) is 0 Å². The SMILES string of the molecule is Oc1ccc(Cc2noc(Cc3ccc(O)cc3)n2)cc1. The first-order chi connectivity index (χ1) is 10.2. The lowest BCUT2D eigenvalue weighted by Gasteiger charge is -1.97. The molecule has 21 heavy (non-hydrogen) atoms. The third kappa shape index (κ3) is 3.39. The smallest absolute Gasteiger partial charge is 0.231 e. The molecule has 0 spiro atoms. The lowest BCUT2D eigenvalue weighted by Crippen LogP contribution is -1.92. The van der Waals surface area contributed by atoms with E-state index in [1.807, 2.05) is 24.3 Å². The van der Waals surface area contributed by atoms with Crippen molar-refractivity contribution < 1.29 is 14.7 Å². The van der Waals surface area contributed by atoms with Crippen LogP contribution in [-0.2, 0) is 12.8 Å².